The summed E-state index contributed by atoms with van der Waals surface area (Å²) in [7, 11) is -3.79. The van der Waals surface area contributed by atoms with Crippen LogP contribution in [0.3, 0.4) is 0 Å². The molecule has 102 valence electrons. The lowest BCUT2D eigenvalue weighted by molar-refractivity contribution is 0.598. The molecule has 1 aromatic carbocycles. The SMILES string of the molecule is Nc1c(NCCc2ccsc2)cccc1S(N)(=O)=O. The van der Waals surface area contributed by atoms with Gasteiger partial charge in [-0.1, -0.05) is 6.07 Å². The summed E-state index contributed by atoms with van der Waals surface area (Å²) < 4.78 is 22.7. The van der Waals surface area contributed by atoms with Gasteiger partial charge in [0.15, 0.2) is 0 Å². The van der Waals surface area contributed by atoms with Gasteiger partial charge in [0.2, 0.25) is 10.0 Å². The third-order valence-corrected chi connectivity index (χ3v) is 4.38. The van der Waals surface area contributed by atoms with Crippen LogP contribution in [-0.4, -0.2) is 15.0 Å². The molecule has 0 saturated heterocycles. The number of anilines is 2. The maximum absolute atomic E-state index is 11.3. The number of nitrogens with two attached hydrogens (primary N) is 2. The van der Waals surface area contributed by atoms with Crippen LogP contribution in [0.1, 0.15) is 5.56 Å². The Bertz CT molecular complexity index is 652. The van der Waals surface area contributed by atoms with Gasteiger partial charge in [0.05, 0.1) is 11.4 Å². The minimum absolute atomic E-state index is 0.0481. The van der Waals surface area contributed by atoms with Crippen LogP contribution >= 0.6 is 11.3 Å². The second kappa shape index (κ2) is 5.60. The summed E-state index contributed by atoms with van der Waals surface area (Å²) in [4.78, 5) is -0.0481. The zero-order chi connectivity index (χ0) is 13.9. The van der Waals surface area contributed by atoms with Gasteiger partial charge in [-0.3, -0.25) is 0 Å². The van der Waals surface area contributed by atoms with Crippen molar-refractivity contribution >= 4 is 32.7 Å². The molecule has 0 radical (unpaired) electrons. The highest BCUT2D eigenvalue weighted by Crippen LogP contribution is 2.25. The molecule has 0 aliphatic rings. The molecule has 2 aromatic rings. The van der Waals surface area contributed by atoms with Gasteiger partial charge in [-0.2, -0.15) is 11.3 Å². The summed E-state index contributed by atoms with van der Waals surface area (Å²) in [5, 5.41) is 12.3. The summed E-state index contributed by atoms with van der Waals surface area (Å²) in [6.07, 6.45) is 0.850. The molecule has 0 aliphatic carbocycles. The number of sulfonamides is 1. The van der Waals surface area contributed by atoms with Gasteiger partial charge in [-0.15, -0.1) is 0 Å². The van der Waals surface area contributed by atoms with Crippen molar-refractivity contribution in [3.63, 3.8) is 0 Å². The van der Waals surface area contributed by atoms with E-state index >= 15 is 0 Å². The fraction of sp³-hybridized carbons (Fsp3) is 0.167. The van der Waals surface area contributed by atoms with Crippen LogP contribution < -0.4 is 16.2 Å². The topological polar surface area (TPSA) is 98.2 Å². The number of nitrogen functional groups attached to an aromatic ring is 1. The first-order valence-corrected chi connectivity index (χ1v) is 8.13. The van der Waals surface area contributed by atoms with Crippen LogP contribution in [0.25, 0.3) is 0 Å². The molecule has 0 aliphatic heterocycles. The predicted octanol–water partition coefficient (Wildman–Crippen LogP) is 1.63. The standard InChI is InChI=1S/C12H15N3O2S2/c13-12-10(2-1-3-11(12)19(14,16)17)15-6-4-9-5-7-18-8-9/h1-3,5,7-8,15H,4,6,13H2,(H2,14,16,17). The fourth-order valence-electron chi connectivity index (χ4n) is 1.72. The van der Waals surface area contributed by atoms with Gasteiger partial charge < -0.3 is 11.1 Å². The van der Waals surface area contributed by atoms with Crippen molar-refractivity contribution in [2.24, 2.45) is 5.14 Å². The zero-order valence-electron chi connectivity index (χ0n) is 10.2. The molecule has 0 bridgehead atoms. The van der Waals surface area contributed by atoms with Crippen molar-refractivity contribution in [3.05, 3.63) is 40.6 Å². The molecule has 0 spiro atoms. The molecular formula is C12H15N3O2S2. The Morgan fingerprint density at radius 3 is 2.68 bits per heavy atom. The third kappa shape index (κ3) is 3.46. The monoisotopic (exact) mass is 297 g/mol. The lowest BCUT2D eigenvalue weighted by Gasteiger charge is -2.11. The molecule has 0 unspecified atom stereocenters. The van der Waals surface area contributed by atoms with Crippen molar-refractivity contribution in [1.82, 2.24) is 0 Å². The number of hydrogen-bond donors (Lipinski definition) is 3. The highest BCUT2D eigenvalue weighted by atomic mass is 32.2. The Kier molecular flexibility index (Phi) is 4.08. The van der Waals surface area contributed by atoms with Gasteiger partial charge in [0, 0.05) is 6.54 Å². The van der Waals surface area contributed by atoms with E-state index in [1.54, 1.807) is 23.5 Å². The summed E-state index contributed by atoms with van der Waals surface area (Å²) in [5.41, 5.74) is 7.79. The minimum Gasteiger partial charge on any atom is -0.396 e. The molecule has 5 nitrogen and oxygen atoms in total. The maximum Gasteiger partial charge on any atom is 0.240 e. The van der Waals surface area contributed by atoms with Crippen molar-refractivity contribution in [2.75, 3.05) is 17.6 Å². The minimum atomic E-state index is -3.79. The lowest BCUT2D eigenvalue weighted by Crippen LogP contribution is -2.16. The Hall–Kier alpha value is -1.57. The molecule has 0 amide bonds. The van der Waals surface area contributed by atoms with E-state index in [1.165, 1.54) is 11.6 Å². The van der Waals surface area contributed by atoms with E-state index in [4.69, 9.17) is 10.9 Å². The average Bonchev–Trinajstić information content (AvgIpc) is 2.83. The molecule has 7 heteroatoms. The van der Waals surface area contributed by atoms with E-state index < -0.39 is 10.0 Å². The Balaban J connectivity index is 2.09. The quantitative estimate of drug-likeness (QED) is 0.731. The Morgan fingerprint density at radius 2 is 2.05 bits per heavy atom. The number of thiophene rings is 1. The number of para-hydroxylation sites is 1. The van der Waals surface area contributed by atoms with E-state index in [0.29, 0.717) is 12.2 Å². The predicted molar refractivity (Wildman–Crippen MR) is 78.7 cm³/mol. The van der Waals surface area contributed by atoms with Crippen molar-refractivity contribution in [3.8, 4) is 0 Å². The number of nitrogens with one attached hydrogen (secondary N) is 1. The molecule has 0 saturated carbocycles. The third-order valence-electron chi connectivity index (χ3n) is 2.68. The van der Waals surface area contributed by atoms with Crippen LogP contribution in [0.5, 0.6) is 0 Å². The maximum atomic E-state index is 11.3. The molecule has 1 aromatic heterocycles. The van der Waals surface area contributed by atoms with Crippen LogP contribution in [0.4, 0.5) is 11.4 Å². The van der Waals surface area contributed by atoms with Crippen LogP contribution in [0, 0.1) is 0 Å². The normalized spacial score (nSPS) is 11.4. The molecule has 0 atom stereocenters. The molecule has 0 fully saturated rings. The highest BCUT2D eigenvalue weighted by Gasteiger charge is 2.14. The van der Waals surface area contributed by atoms with Gasteiger partial charge >= 0.3 is 0 Å². The van der Waals surface area contributed by atoms with Crippen molar-refractivity contribution in [2.45, 2.75) is 11.3 Å². The first-order chi connectivity index (χ1) is 8.98. The smallest absolute Gasteiger partial charge is 0.240 e. The number of benzene rings is 1. The number of hydrogen-bond acceptors (Lipinski definition) is 5. The molecular weight excluding hydrogens is 282 g/mol. The molecule has 2 rings (SSSR count). The zero-order valence-corrected chi connectivity index (χ0v) is 11.8. The Labute approximate surface area is 116 Å². The van der Waals surface area contributed by atoms with Crippen LogP contribution in [0.2, 0.25) is 0 Å². The van der Waals surface area contributed by atoms with E-state index in [9.17, 15) is 8.42 Å². The van der Waals surface area contributed by atoms with Crippen LogP contribution in [-0.2, 0) is 16.4 Å². The molecule has 5 N–H and O–H groups in total. The van der Waals surface area contributed by atoms with E-state index in [2.05, 4.69) is 16.8 Å². The lowest BCUT2D eigenvalue weighted by atomic mass is 10.2. The highest BCUT2D eigenvalue weighted by molar-refractivity contribution is 7.89. The summed E-state index contributed by atoms with van der Waals surface area (Å²) in [5.74, 6) is 0. The fourth-order valence-corrected chi connectivity index (χ4v) is 3.11. The second-order valence-corrected chi connectivity index (χ2v) is 6.38. The summed E-state index contributed by atoms with van der Waals surface area (Å²) in [6, 6.07) is 6.80. The largest absolute Gasteiger partial charge is 0.396 e. The average molecular weight is 297 g/mol. The number of rotatable bonds is 5. The van der Waals surface area contributed by atoms with Crippen molar-refractivity contribution in [1.29, 1.82) is 0 Å². The van der Waals surface area contributed by atoms with Crippen LogP contribution in [0.15, 0.2) is 39.9 Å². The molecule has 19 heavy (non-hydrogen) atoms. The first kappa shape index (κ1) is 13.9. The van der Waals surface area contributed by atoms with Gasteiger partial charge in [-0.05, 0) is 40.9 Å². The molecule has 1 heterocycles. The Morgan fingerprint density at radius 1 is 1.26 bits per heavy atom. The number of primary sulfonamides is 1. The van der Waals surface area contributed by atoms with Crippen molar-refractivity contribution < 1.29 is 8.42 Å². The summed E-state index contributed by atoms with van der Waals surface area (Å²) >= 11 is 1.65. The van der Waals surface area contributed by atoms with E-state index in [-0.39, 0.29) is 10.6 Å². The van der Waals surface area contributed by atoms with E-state index in [0.717, 1.165) is 6.42 Å². The van der Waals surface area contributed by atoms with Gasteiger partial charge in [0.25, 0.3) is 0 Å². The van der Waals surface area contributed by atoms with Gasteiger partial charge in [-0.25, -0.2) is 13.6 Å². The van der Waals surface area contributed by atoms with E-state index in [1.807, 2.05) is 5.38 Å². The first-order valence-electron chi connectivity index (χ1n) is 5.65. The van der Waals surface area contributed by atoms with Gasteiger partial charge in [0.1, 0.15) is 4.90 Å². The second-order valence-electron chi connectivity index (χ2n) is 4.07. The summed E-state index contributed by atoms with van der Waals surface area (Å²) in [6.45, 7) is 0.676.